The maximum absolute atomic E-state index is 13.4. The Balaban J connectivity index is 1.46. The van der Waals surface area contributed by atoms with E-state index in [2.05, 4.69) is 25.3 Å². The molecule has 0 aliphatic carbocycles. The fourth-order valence-electron chi connectivity index (χ4n) is 3.81. The number of aromatic amines is 1. The van der Waals surface area contributed by atoms with Crippen molar-refractivity contribution in [2.45, 2.75) is 25.7 Å². The van der Waals surface area contributed by atoms with E-state index in [-0.39, 0.29) is 31.8 Å². The fourth-order valence-corrected chi connectivity index (χ4v) is 3.81. The van der Waals surface area contributed by atoms with Gasteiger partial charge in [0.2, 0.25) is 0 Å². The third-order valence-corrected chi connectivity index (χ3v) is 5.43. The number of hydrogen-bond acceptors (Lipinski definition) is 5. The molecule has 31 heavy (non-hydrogen) atoms. The highest BCUT2D eigenvalue weighted by atomic mass is 19.3. The van der Waals surface area contributed by atoms with Crippen molar-refractivity contribution in [2.75, 3.05) is 13.1 Å². The number of piperidine rings is 1. The molecule has 0 radical (unpaired) electrons. The van der Waals surface area contributed by atoms with Gasteiger partial charge in [-0.05, 0) is 36.8 Å². The van der Waals surface area contributed by atoms with Crippen LogP contribution in [0.2, 0.25) is 0 Å². The highest BCUT2D eigenvalue weighted by Crippen LogP contribution is 2.29. The quantitative estimate of drug-likeness (QED) is 0.545. The van der Waals surface area contributed by atoms with E-state index >= 15 is 0 Å². The van der Waals surface area contributed by atoms with E-state index in [1.807, 2.05) is 25.1 Å². The highest BCUT2D eigenvalue weighted by molar-refractivity contribution is 5.97. The molecule has 1 aliphatic heterocycles. The average Bonchev–Trinajstić information content (AvgIpc) is 3.42. The van der Waals surface area contributed by atoms with Gasteiger partial charge in [-0.1, -0.05) is 0 Å². The summed E-state index contributed by atoms with van der Waals surface area (Å²) in [6.45, 7) is 2.05. The number of carbonyl (C=O) groups excluding carboxylic acids is 1. The molecule has 0 saturated carbocycles. The lowest BCUT2D eigenvalue weighted by Gasteiger charge is -2.31. The molecule has 3 aromatic heterocycles. The second kappa shape index (κ2) is 7.22. The Hall–Kier alpha value is -3.69. The summed E-state index contributed by atoms with van der Waals surface area (Å²) in [7, 11) is 0. The number of benzene rings is 1. The molecule has 0 spiro atoms. The Morgan fingerprint density at radius 2 is 1.90 bits per heavy atom. The molecule has 5 rings (SSSR count). The first-order valence-electron chi connectivity index (χ1n) is 9.88. The lowest BCUT2D eigenvalue weighted by molar-refractivity contribution is -0.0494. The molecule has 0 bridgehead atoms. The number of hydrogen-bond donors (Lipinski definition) is 1. The lowest BCUT2D eigenvalue weighted by Crippen LogP contribution is -2.42. The van der Waals surface area contributed by atoms with Gasteiger partial charge in [0, 0.05) is 43.1 Å². The van der Waals surface area contributed by atoms with Crippen molar-refractivity contribution in [3.05, 3.63) is 54.1 Å². The number of aromatic nitrogens is 6. The van der Waals surface area contributed by atoms with Crippen molar-refractivity contribution >= 4 is 16.9 Å². The Morgan fingerprint density at radius 3 is 2.65 bits per heavy atom. The second-order valence-corrected chi connectivity index (χ2v) is 7.73. The fraction of sp³-hybridized carbons (Fsp3) is 0.286. The third kappa shape index (κ3) is 3.65. The highest BCUT2D eigenvalue weighted by Gasteiger charge is 2.35. The van der Waals surface area contributed by atoms with Gasteiger partial charge in [0.15, 0.2) is 11.5 Å². The van der Waals surface area contributed by atoms with Crippen LogP contribution in [0.5, 0.6) is 0 Å². The predicted molar refractivity (Wildman–Crippen MR) is 109 cm³/mol. The normalized spacial score (nSPS) is 16.0. The van der Waals surface area contributed by atoms with E-state index in [1.54, 1.807) is 16.9 Å². The number of fused-ring (bicyclic) bond motifs is 1. The van der Waals surface area contributed by atoms with Gasteiger partial charge in [0.05, 0.1) is 17.4 Å². The summed E-state index contributed by atoms with van der Waals surface area (Å²) in [5.74, 6) is -2.34. The van der Waals surface area contributed by atoms with Crippen LogP contribution in [-0.4, -0.2) is 59.8 Å². The molecule has 1 fully saturated rings. The first kappa shape index (κ1) is 19.3. The molecule has 0 atom stereocenters. The zero-order valence-electron chi connectivity index (χ0n) is 16.7. The van der Waals surface area contributed by atoms with Crippen LogP contribution in [0.3, 0.4) is 0 Å². The van der Waals surface area contributed by atoms with Crippen molar-refractivity contribution in [1.29, 1.82) is 0 Å². The minimum Gasteiger partial charge on any atom is -0.338 e. The van der Waals surface area contributed by atoms with Crippen LogP contribution in [0.25, 0.3) is 28.1 Å². The van der Waals surface area contributed by atoms with Crippen molar-refractivity contribution in [3.63, 3.8) is 0 Å². The minimum atomic E-state index is -2.70. The Kier molecular flexibility index (Phi) is 4.49. The standard InChI is InChI=1S/C21H19F2N7O/c1-13-6-14(18-25-12-26-28-18)9-17(7-13)30-19-15(11-27-30)8-16(10-24-19)20(31)29-4-2-21(22,23)3-5-29/h6-12H,2-5H2,1H3,(H,25,26,28). The molecule has 1 N–H and O–H groups in total. The SMILES string of the molecule is Cc1cc(-c2ncn[nH]2)cc(-n2ncc3cc(C(=O)N4CCC(F)(F)CC4)cnc32)c1. The van der Waals surface area contributed by atoms with Crippen LogP contribution in [0.1, 0.15) is 28.8 Å². The number of nitrogens with one attached hydrogen (secondary N) is 1. The van der Waals surface area contributed by atoms with E-state index in [0.717, 1.165) is 16.8 Å². The largest absolute Gasteiger partial charge is 0.338 e. The summed E-state index contributed by atoms with van der Waals surface area (Å²) >= 11 is 0. The molecule has 1 aromatic carbocycles. The molecule has 10 heteroatoms. The van der Waals surface area contributed by atoms with Crippen molar-refractivity contribution in [3.8, 4) is 17.1 Å². The number of carbonyl (C=O) groups is 1. The zero-order chi connectivity index (χ0) is 21.6. The summed E-state index contributed by atoms with van der Waals surface area (Å²) < 4.78 is 28.5. The monoisotopic (exact) mass is 423 g/mol. The van der Waals surface area contributed by atoms with Crippen molar-refractivity contribution in [2.24, 2.45) is 0 Å². The summed E-state index contributed by atoms with van der Waals surface area (Å²) in [5.41, 5.74) is 3.64. The molecular formula is C21H19F2N7O. The van der Waals surface area contributed by atoms with E-state index in [4.69, 9.17) is 0 Å². The summed E-state index contributed by atoms with van der Waals surface area (Å²) in [6, 6.07) is 7.59. The van der Waals surface area contributed by atoms with Gasteiger partial charge in [-0.3, -0.25) is 9.89 Å². The van der Waals surface area contributed by atoms with Crippen LogP contribution in [-0.2, 0) is 0 Å². The van der Waals surface area contributed by atoms with Crippen molar-refractivity contribution in [1.82, 2.24) is 34.8 Å². The number of nitrogens with zero attached hydrogens (tertiary/aromatic N) is 6. The maximum Gasteiger partial charge on any atom is 0.255 e. The predicted octanol–water partition coefficient (Wildman–Crippen LogP) is 3.39. The maximum atomic E-state index is 13.4. The van der Waals surface area contributed by atoms with Crippen molar-refractivity contribution < 1.29 is 13.6 Å². The topological polar surface area (TPSA) is 92.6 Å². The molecule has 0 unspecified atom stereocenters. The van der Waals surface area contributed by atoms with Gasteiger partial charge in [-0.15, -0.1) is 0 Å². The van der Waals surface area contributed by atoms with E-state index in [1.165, 1.54) is 17.4 Å². The van der Waals surface area contributed by atoms with Crippen LogP contribution in [0, 0.1) is 6.92 Å². The number of rotatable bonds is 3. The number of alkyl halides is 2. The number of H-pyrrole nitrogens is 1. The minimum absolute atomic E-state index is 0.0385. The molecule has 4 aromatic rings. The summed E-state index contributed by atoms with van der Waals surface area (Å²) in [5, 5.41) is 11.9. The summed E-state index contributed by atoms with van der Waals surface area (Å²) in [6.07, 6.45) is 3.94. The number of likely N-dealkylation sites (tertiary alicyclic amines) is 1. The molecular weight excluding hydrogens is 404 g/mol. The van der Waals surface area contributed by atoms with E-state index in [9.17, 15) is 13.6 Å². The van der Waals surface area contributed by atoms with E-state index < -0.39 is 5.92 Å². The molecule has 1 aliphatic rings. The third-order valence-electron chi connectivity index (χ3n) is 5.43. The van der Waals surface area contributed by atoms with Crippen LogP contribution >= 0.6 is 0 Å². The number of aryl methyl sites for hydroxylation is 1. The number of amides is 1. The second-order valence-electron chi connectivity index (χ2n) is 7.73. The van der Waals surface area contributed by atoms with Crippen LogP contribution in [0.4, 0.5) is 8.78 Å². The van der Waals surface area contributed by atoms with E-state index in [0.29, 0.717) is 22.4 Å². The molecule has 8 nitrogen and oxygen atoms in total. The zero-order valence-corrected chi connectivity index (χ0v) is 16.7. The Labute approximate surface area is 175 Å². The van der Waals surface area contributed by atoms with Gasteiger partial charge in [-0.25, -0.2) is 23.4 Å². The first-order valence-corrected chi connectivity index (χ1v) is 9.88. The lowest BCUT2D eigenvalue weighted by atomic mass is 10.1. The van der Waals surface area contributed by atoms with Gasteiger partial charge < -0.3 is 4.90 Å². The average molecular weight is 423 g/mol. The Bertz CT molecular complexity index is 1260. The van der Waals surface area contributed by atoms with Crippen LogP contribution < -0.4 is 0 Å². The van der Waals surface area contributed by atoms with Crippen LogP contribution in [0.15, 0.2) is 43.0 Å². The smallest absolute Gasteiger partial charge is 0.255 e. The number of halogens is 2. The first-order chi connectivity index (χ1) is 14.9. The van der Waals surface area contributed by atoms with Gasteiger partial charge >= 0.3 is 0 Å². The molecule has 4 heterocycles. The Morgan fingerprint density at radius 1 is 1.10 bits per heavy atom. The van der Waals surface area contributed by atoms with Gasteiger partial charge in [0.1, 0.15) is 6.33 Å². The molecule has 1 amide bonds. The number of pyridine rings is 1. The van der Waals surface area contributed by atoms with Gasteiger partial charge in [-0.2, -0.15) is 10.2 Å². The summed E-state index contributed by atoms with van der Waals surface area (Å²) in [4.78, 5) is 22.9. The molecule has 158 valence electrons. The van der Waals surface area contributed by atoms with Gasteiger partial charge in [0.25, 0.3) is 11.8 Å². The molecule has 1 saturated heterocycles.